The molecule has 1 atom stereocenters. The van der Waals surface area contributed by atoms with Crippen molar-refractivity contribution in [2.75, 3.05) is 17.1 Å². The second kappa shape index (κ2) is 13.0. The summed E-state index contributed by atoms with van der Waals surface area (Å²) in [5, 5.41) is 3.81. The quantitative estimate of drug-likeness (QED) is 0.405. The van der Waals surface area contributed by atoms with E-state index in [1.807, 2.05) is 26.0 Å². The van der Waals surface area contributed by atoms with Gasteiger partial charge in [0.25, 0.3) is 0 Å². The second-order valence-electron chi connectivity index (χ2n) is 9.47. The summed E-state index contributed by atoms with van der Waals surface area (Å²) < 4.78 is 26.5. The summed E-state index contributed by atoms with van der Waals surface area (Å²) in [6, 6.07) is 11.4. The monoisotopic (exact) mass is 567 g/mol. The lowest BCUT2D eigenvalue weighted by molar-refractivity contribution is -0.140. The van der Waals surface area contributed by atoms with Gasteiger partial charge in [-0.3, -0.25) is 13.9 Å². The number of anilines is 1. The lowest BCUT2D eigenvalue weighted by Crippen LogP contribution is -2.53. The van der Waals surface area contributed by atoms with Gasteiger partial charge in [0.2, 0.25) is 21.8 Å². The number of amides is 2. The molecule has 2 amide bonds. The minimum absolute atomic E-state index is 0.0820. The predicted molar refractivity (Wildman–Crippen MR) is 149 cm³/mol. The van der Waals surface area contributed by atoms with Crippen molar-refractivity contribution < 1.29 is 18.0 Å². The van der Waals surface area contributed by atoms with Crippen LogP contribution in [0.4, 0.5) is 5.69 Å². The second-order valence-corrected chi connectivity index (χ2v) is 12.2. The van der Waals surface area contributed by atoms with Gasteiger partial charge in [0.15, 0.2) is 0 Å². The molecule has 0 spiro atoms. The first-order valence-electron chi connectivity index (χ1n) is 12.6. The van der Waals surface area contributed by atoms with Gasteiger partial charge in [0.05, 0.1) is 22.0 Å². The number of nitrogens with one attached hydrogen (secondary N) is 1. The molecule has 202 valence electrons. The minimum Gasteiger partial charge on any atom is -0.352 e. The van der Waals surface area contributed by atoms with Gasteiger partial charge in [0, 0.05) is 12.6 Å². The first-order chi connectivity index (χ1) is 17.5. The van der Waals surface area contributed by atoms with Crippen LogP contribution in [0, 0.1) is 0 Å². The maximum absolute atomic E-state index is 13.8. The Kier molecular flexibility index (Phi) is 10.3. The zero-order valence-electron chi connectivity index (χ0n) is 21.5. The zero-order valence-corrected chi connectivity index (χ0v) is 23.9. The number of nitrogens with zero attached hydrogens (tertiary/aromatic N) is 2. The Morgan fingerprint density at radius 1 is 1.00 bits per heavy atom. The average Bonchev–Trinajstić information content (AvgIpc) is 3.37. The number of carbonyl (C=O) groups is 2. The normalized spacial score (nSPS) is 14.8. The van der Waals surface area contributed by atoms with E-state index in [0.29, 0.717) is 27.7 Å². The Morgan fingerprint density at radius 3 is 2.16 bits per heavy atom. The molecule has 0 bridgehead atoms. The zero-order chi connectivity index (χ0) is 27.2. The van der Waals surface area contributed by atoms with Gasteiger partial charge in [-0.25, -0.2) is 8.42 Å². The first-order valence-corrected chi connectivity index (χ1v) is 15.2. The van der Waals surface area contributed by atoms with Crippen molar-refractivity contribution in [3.63, 3.8) is 0 Å². The van der Waals surface area contributed by atoms with E-state index in [1.165, 1.54) is 4.90 Å². The maximum Gasteiger partial charge on any atom is 0.244 e. The molecular weight excluding hydrogens is 533 g/mol. The molecule has 7 nitrogen and oxygen atoms in total. The molecule has 37 heavy (non-hydrogen) atoms. The first kappa shape index (κ1) is 29.3. The van der Waals surface area contributed by atoms with Gasteiger partial charge in [-0.1, -0.05) is 68.1 Å². The highest BCUT2D eigenvalue weighted by Crippen LogP contribution is 2.25. The van der Waals surface area contributed by atoms with Gasteiger partial charge in [0.1, 0.15) is 12.6 Å². The molecular formula is C27H35Cl2N3O4S. The van der Waals surface area contributed by atoms with Gasteiger partial charge in [-0.2, -0.15) is 0 Å². The molecule has 0 radical (unpaired) electrons. The summed E-state index contributed by atoms with van der Waals surface area (Å²) in [5.41, 5.74) is 2.14. The van der Waals surface area contributed by atoms with Gasteiger partial charge < -0.3 is 10.2 Å². The molecule has 0 aliphatic heterocycles. The van der Waals surface area contributed by atoms with E-state index in [9.17, 15) is 18.0 Å². The molecule has 1 N–H and O–H groups in total. The molecule has 1 aliphatic carbocycles. The van der Waals surface area contributed by atoms with Crippen molar-refractivity contribution in [2.45, 2.75) is 71.0 Å². The Bertz CT molecular complexity index is 1200. The van der Waals surface area contributed by atoms with Crippen LogP contribution in [0.25, 0.3) is 0 Å². The fourth-order valence-electron chi connectivity index (χ4n) is 4.63. The molecule has 3 rings (SSSR count). The third-order valence-corrected chi connectivity index (χ3v) is 8.62. The number of hydrogen-bond donors (Lipinski definition) is 1. The number of rotatable bonds is 11. The van der Waals surface area contributed by atoms with Crippen molar-refractivity contribution in [3.8, 4) is 0 Å². The van der Waals surface area contributed by atoms with Crippen LogP contribution in [0.5, 0.6) is 0 Å². The van der Waals surface area contributed by atoms with Gasteiger partial charge >= 0.3 is 0 Å². The summed E-state index contributed by atoms with van der Waals surface area (Å²) in [6.45, 7) is 3.50. The largest absolute Gasteiger partial charge is 0.352 e. The van der Waals surface area contributed by atoms with E-state index in [-0.39, 0.29) is 18.5 Å². The molecule has 2 aromatic carbocycles. The van der Waals surface area contributed by atoms with Crippen LogP contribution in [0.15, 0.2) is 42.5 Å². The topological polar surface area (TPSA) is 86.8 Å². The summed E-state index contributed by atoms with van der Waals surface area (Å²) in [7, 11) is -3.78. The molecule has 1 aliphatic rings. The summed E-state index contributed by atoms with van der Waals surface area (Å²) in [5.74, 6) is -0.717. The van der Waals surface area contributed by atoms with Crippen molar-refractivity contribution in [2.24, 2.45) is 0 Å². The Hall–Kier alpha value is -2.29. The number of benzene rings is 2. The molecule has 0 heterocycles. The van der Waals surface area contributed by atoms with Gasteiger partial charge in [-0.05, 0) is 61.1 Å². The molecule has 1 fully saturated rings. The summed E-state index contributed by atoms with van der Waals surface area (Å²) in [6.07, 6.45) is 6.21. The van der Waals surface area contributed by atoms with E-state index in [4.69, 9.17) is 23.2 Å². The standard InChI is InChI=1S/C27H35Cl2N3O4S/c1-4-19-10-13-22(14-11-19)32(37(3,35)36)18-26(33)31(17-20-12-15-23(28)24(29)16-20)25(5-2)27(34)30-21-8-6-7-9-21/h10-16,21,25H,4-9,17-18H2,1-3H3,(H,30,34)/t25-/m1/s1. The van der Waals surface area contributed by atoms with E-state index in [0.717, 1.165) is 48.2 Å². The van der Waals surface area contributed by atoms with Crippen LogP contribution < -0.4 is 9.62 Å². The van der Waals surface area contributed by atoms with E-state index >= 15 is 0 Å². The highest BCUT2D eigenvalue weighted by Gasteiger charge is 2.33. The van der Waals surface area contributed by atoms with Crippen LogP contribution in [0.3, 0.4) is 0 Å². The number of hydrogen-bond acceptors (Lipinski definition) is 4. The number of carbonyl (C=O) groups excluding carboxylic acids is 2. The lowest BCUT2D eigenvalue weighted by Gasteiger charge is -2.33. The highest BCUT2D eigenvalue weighted by molar-refractivity contribution is 7.92. The molecule has 1 saturated carbocycles. The highest BCUT2D eigenvalue weighted by atomic mass is 35.5. The Balaban J connectivity index is 1.93. The summed E-state index contributed by atoms with van der Waals surface area (Å²) in [4.78, 5) is 28.5. The van der Waals surface area contributed by atoms with E-state index in [2.05, 4.69) is 5.32 Å². The van der Waals surface area contributed by atoms with Crippen molar-refractivity contribution in [3.05, 3.63) is 63.6 Å². The fraction of sp³-hybridized carbons (Fsp3) is 0.481. The Morgan fingerprint density at radius 2 is 1.62 bits per heavy atom. The van der Waals surface area contributed by atoms with Crippen LogP contribution in [0.1, 0.15) is 57.1 Å². The minimum atomic E-state index is -3.78. The molecule has 2 aromatic rings. The van der Waals surface area contributed by atoms with Crippen LogP contribution >= 0.6 is 23.2 Å². The van der Waals surface area contributed by atoms with Gasteiger partial charge in [-0.15, -0.1) is 0 Å². The van der Waals surface area contributed by atoms with Crippen molar-refractivity contribution in [1.82, 2.24) is 10.2 Å². The number of aryl methyl sites for hydroxylation is 1. The summed E-state index contributed by atoms with van der Waals surface area (Å²) >= 11 is 12.3. The molecule has 10 heteroatoms. The van der Waals surface area contributed by atoms with Crippen LogP contribution in [-0.4, -0.2) is 50.0 Å². The van der Waals surface area contributed by atoms with E-state index < -0.39 is 28.5 Å². The average molecular weight is 569 g/mol. The number of sulfonamides is 1. The maximum atomic E-state index is 13.8. The lowest BCUT2D eigenvalue weighted by atomic mass is 10.1. The SMILES string of the molecule is CCc1ccc(N(CC(=O)N(Cc2ccc(Cl)c(Cl)c2)[C@H](CC)C(=O)NC2CCCC2)S(C)(=O)=O)cc1. The van der Waals surface area contributed by atoms with Crippen LogP contribution in [0.2, 0.25) is 10.0 Å². The third kappa shape index (κ3) is 7.85. The van der Waals surface area contributed by atoms with Crippen molar-refractivity contribution >= 4 is 50.7 Å². The van der Waals surface area contributed by atoms with Crippen molar-refractivity contribution in [1.29, 1.82) is 0 Å². The molecule has 0 saturated heterocycles. The smallest absolute Gasteiger partial charge is 0.244 e. The fourth-order valence-corrected chi connectivity index (χ4v) is 5.80. The Labute approximate surface area is 230 Å². The molecule has 0 aromatic heterocycles. The number of halogens is 2. The predicted octanol–water partition coefficient (Wildman–Crippen LogP) is 5.19. The third-order valence-electron chi connectivity index (χ3n) is 6.74. The van der Waals surface area contributed by atoms with Crippen LogP contribution in [-0.2, 0) is 32.6 Å². The van der Waals surface area contributed by atoms with E-state index in [1.54, 1.807) is 30.3 Å². The molecule has 0 unspecified atom stereocenters.